The molecule has 1 saturated carbocycles. The van der Waals surface area contributed by atoms with Crippen LogP contribution in [0, 0.1) is 11.3 Å². The van der Waals surface area contributed by atoms with E-state index < -0.39 is 41.0 Å². The number of rotatable bonds is 1. The van der Waals surface area contributed by atoms with Gasteiger partial charge in [-0.1, -0.05) is 13.8 Å². The number of nitrogens with one attached hydrogen (secondary N) is 1. The summed E-state index contributed by atoms with van der Waals surface area (Å²) in [5.74, 6) is -1.30. The number of hydrogen-bond donors (Lipinski definition) is 1. The smallest absolute Gasteiger partial charge is 0.306 e. The van der Waals surface area contributed by atoms with E-state index in [1.807, 2.05) is 13.8 Å². The Kier molecular flexibility index (Phi) is 4.12. The molecule has 1 aliphatic heterocycles. The second-order valence-electron chi connectivity index (χ2n) is 7.48. The van der Waals surface area contributed by atoms with Gasteiger partial charge in [-0.3, -0.25) is 4.79 Å². The van der Waals surface area contributed by atoms with E-state index in [2.05, 4.69) is 10.5 Å². The molecule has 1 aromatic rings. The maximum Gasteiger partial charge on any atom is 0.417 e. The first-order valence-corrected chi connectivity index (χ1v) is 7.94. The topological polar surface area (TPSA) is 41.5 Å². The first-order valence-electron chi connectivity index (χ1n) is 7.94. The highest BCUT2D eigenvalue weighted by molar-refractivity contribution is 6.16. The van der Waals surface area contributed by atoms with E-state index in [1.54, 1.807) is 0 Å². The summed E-state index contributed by atoms with van der Waals surface area (Å²) in [5.41, 5.74) is -1.11. The largest absolute Gasteiger partial charge is 0.417 e. The second-order valence-corrected chi connectivity index (χ2v) is 7.48. The molecule has 0 radical (unpaired) electrons. The molecule has 1 fully saturated rings. The molecule has 26 heavy (non-hydrogen) atoms. The molecule has 0 aromatic heterocycles. The van der Waals surface area contributed by atoms with Gasteiger partial charge in [-0.25, -0.2) is 0 Å². The van der Waals surface area contributed by atoms with E-state index in [-0.39, 0.29) is 23.3 Å². The minimum absolute atomic E-state index is 0.134. The lowest BCUT2D eigenvalue weighted by Gasteiger charge is -2.36. The summed E-state index contributed by atoms with van der Waals surface area (Å²) in [5, 5.41) is 3.84. The molecule has 0 bridgehead atoms. The van der Waals surface area contributed by atoms with Crippen molar-refractivity contribution in [2.75, 3.05) is 0 Å². The number of hydrazone groups is 1. The van der Waals surface area contributed by atoms with Gasteiger partial charge in [0.05, 0.1) is 28.8 Å². The van der Waals surface area contributed by atoms with Gasteiger partial charge in [0.1, 0.15) is 5.78 Å². The first kappa shape index (κ1) is 18.7. The van der Waals surface area contributed by atoms with E-state index in [0.717, 1.165) is 0 Å². The third-order valence-corrected chi connectivity index (χ3v) is 4.75. The standard InChI is InChI=1S/C17H16F6N2O/c1-15(2)6-11-13(12(26)7-15)14(25-24-11)9-5-8(16(18,19)20)3-4-10(9)17(21,22)23/h3-5,11,13,24H,6-7H2,1-2H3/t11-,13-/m1/s1. The fraction of sp³-hybridized carbons (Fsp3) is 0.529. The monoisotopic (exact) mass is 378 g/mol. The van der Waals surface area contributed by atoms with E-state index in [0.29, 0.717) is 24.6 Å². The van der Waals surface area contributed by atoms with E-state index in [4.69, 9.17) is 0 Å². The van der Waals surface area contributed by atoms with Crippen molar-refractivity contribution in [2.45, 2.75) is 45.1 Å². The zero-order valence-electron chi connectivity index (χ0n) is 13.9. The van der Waals surface area contributed by atoms with E-state index in [9.17, 15) is 31.1 Å². The number of carbonyl (C=O) groups is 1. The summed E-state index contributed by atoms with van der Waals surface area (Å²) in [6.07, 6.45) is -9.05. The van der Waals surface area contributed by atoms with Crippen molar-refractivity contribution < 1.29 is 31.1 Å². The molecule has 1 aliphatic carbocycles. The molecule has 0 amide bonds. The van der Waals surface area contributed by atoms with Gasteiger partial charge in [0.25, 0.3) is 0 Å². The first-order chi connectivity index (χ1) is 11.8. The number of hydrogen-bond acceptors (Lipinski definition) is 3. The molecule has 3 nitrogen and oxygen atoms in total. The zero-order valence-corrected chi connectivity index (χ0v) is 13.9. The molecule has 1 aromatic carbocycles. The molecule has 0 spiro atoms. The summed E-state index contributed by atoms with van der Waals surface area (Å²) in [7, 11) is 0. The van der Waals surface area contributed by atoms with Gasteiger partial charge in [-0.05, 0) is 30.0 Å². The van der Waals surface area contributed by atoms with Crippen LogP contribution in [-0.2, 0) is 17.1 Å². The van der Waals surface area contributed by atoms with Crippen LogP contribution in [-0.4, -0.2) is 17.5 Å². The number of halogens is 6. The van der Waals surface area contributed by atoms with Crippen molar-refractivity contribution >= 4 is 11.5 Å². The van der Waals surface area contributed by atoms with Crippen LogP contribution in [0.25, 0.3) is 0 Å². The predicted octanol–water partition coefficient (Wildman–Crippen LogP) is 4.41. The number of alkyl halides is 6. The lowest BCUT2D eigenvalue weighted by Crippen LogP contribution is -2.45. The summed E-state index contributed by atoms with van der Waals surface area (Å²) >= 11 is 0. The Morgan fingerprint density at radius 3 is 2.35 bits per heavy atom. The molecule has 9 heteroatoms. The van der Waals surface area contributed by atoms with Crippen LogP contribution in [0.4, 0.5) is 26.3 Å². The van der Waals surface area contributed by atoms with Gasteiger partial charge in [-0.2, -0.15) is 31.4 Å². The van der Waals surface area contributed by atoms with E-state index >= 15 is 0 Å². The Morgan fingerprint density at radius 1 is 1.12 bits per heavy atom. The number of nitrogens with zero attached hydrogens (tertiary/aromatic N) is 1. The summed E-state index contributed by atoms with van der Waals surface area (Å²) in [4.78, 5) is 12.5. The van der Waals surface area contributed by atoms with Gasteiger partial charge in [0, 0.05) is 12.0 Å². The molecule has 2 atom stereocenters. The van der Waals surface area contributed by atoms with E-state index in [1.165, 1.54) is 0 Å². The number of carbonyl (C=O) groups excluding carboxylic acids is 1. The van der Waals surface area contributed by atoms with Crippen LogP contribution >= 0.6 is 0 Å². The fourth-order valence-electron chi connectivity index (χ4n) is 3.68. The normalized spacial score (nSPS) is 25.5. The quantitative estimate of drug-likeness (QED) is 0.736. The minimum atomic E-state index is -4.86. The number of benzene rings is 1. The van der Waals surface area contributed by atoms with Crippen LogP contribution < -0.4 is 5.43 Å². The maximum atomic E-state index is 13.3. The van der Waals surface area contributed by atoms with Crippen molar-refractivity contribution in [2.24, 2.45) is 16.4 Å². The highest BCUT2D eigenvalue weighted by Gasteiger charge is 2.48. The number of ketones is 1. The average Bonchev–Trinajstić information content (AvgIpc) is 2.87. The molecule has 1 heterocycles. The van der Waals surface area contributed by atoms with Gasteiger partial charge < -0.3 is 5.43 Å². The van der Waals surface area contributed by atoms with Gasteiger partial charge in [0.15, 0.2) is 0 Å². The number of Topliss-reactive ketones (excluding diaryl/α,β-unsaturated/α-hetero) is 1. The maximum absolute atomic E-state index is 13.3. The zero-order chi connectivity index (χ0) is 19.5. The Labute approximate surface area is 145 Å². The molecular weight excluding hydrogens is 362 g/mol. The molecule has 1 N–H and O–H groups in total. The second kappa shape index (κ2) is 5.72. The van der Waals surface area contributed by atoms with Crippen LogP contribution in [0.3, 0.4) is 0 Å². The lowest BCUT2D eigenvalue weighted by atomic mass is 9.68. The predicted molar refractivity (Wildman–Crippen MR) is 81.4 cm³/mol. The minimum Gasteiger partial charge on any atom is -0.306 e. The lowest BCUT2D eigenvalue weighted by molar-refractivity contribution is -0.141. The molecule has 0 unspecified atom stereocenters. The van der Waals surface area contributed by atoms with Crippen molar-refractivity contribution in [1.29, 1.82) is 0 Å². The van der Waals surface area contributed by atoms with Crippen molar-refractivity contribution in [3.05, 3.63) is 34.9 Å². The molecule has 0 saturated heterocycles. The van der Waals surface area contributed by atoms with Crippen LogP contribution in [0.15, 0.2) is 23.3 Å². The Hall–Kier alpha value is -2.06. The third-order valence-electron chi connectivity index (χ3n) is 4.75. The van der Waals surface area contributed by atoms with Crippen LogP contribution in [0.2, 0.25) is 0 Å². The fourth-order valence-corrected chi connectivity index (χ4v) is 3.68. The van der Waals surface area contributed by atoms with Gasteiger partial charge in [0.2, 0.25) is 0 Å². The van der Waals surface area contributed by atoms with Crippen molar-refractivity contribution in [1.82, 2.24) is 5.43 Å². The summed E-state index contributed by atoms with van der Waals surface area (Å²) < 4.78 is 79.0. The molecule has 3 rings (SSSR count). The average molecular weight is 378 g/mol. The summed E-state index contributed by atoms with van der Waals surface area (Å²) in [6.45, 7) is 3.71. The Balaban J connectivity index is 2.10. The highest BCUT2D eigenvalue weighted by atomic mass is 19.4. The van der Waals surface area contributed by atoms with Gasteiger partial charge in [-0.15, -0.1) is 0 Å². The van der Waals surface area contributed by atoms with Crippen molar-refractivity contribution in [3.63, 3.8) is 0 Å². The Morgan fingerprint density at radius 2 is 1.77 bits per heavy atom. The summed E-state index contributed by atoms with van der Waals surface area (Å²) in [6, 6.07) is 0.694. The SMILES string of the molecule is CC1(C)CC(=O)[C@@H]2C(c3cc(C(F)(F)F)ccc3C(F)(F)F)=NN[C@@H]2C1. The number of fused-ring (bicyclic) bond motifs is 1. The molecular formula is C17H16F6N2O. The molecule has 142 valence electrons. The third kappa shape index (κ3) is 3.31. The van der Waals surface area contributed by atoms with Crippen LogP contribution in [0.1, 0.15) is 43.4 Å². The Bertz CT molecular complexity index is 778. The van der Waals surface area contributed by atoms with Gasteiger partial charge >= 0.3 is 12.4 Å². The molecule has 2 aliphatic rings. The van der Waals surface area contributed by atoms with Crippen molar-refractivity contribution in [3.8, 4) is 0 Å². The van der Waals surface area contributed by atoms with Crippen LogP contribution in [0.5, 0.6) is 0 Å². The highest BCUT2D eigenvalue weighted by Crippen LogP contribution is 2.43.